The van der Waals surface area contributed by atoms with Gasteiger partial charge < -0.3 is 24.8 Å². The second kappa shape index (κ2) is 11.7. The van der Waals surface area contributed by atoms with E-state index in [1.54, 1.807) is 14.2 Å². The molecule has 0 bridgehead atoms. The summed E-state index contributed by atoms with van der Waals surface area (Å²) in [7, 11) is 3.48. The predicted molar refractivity (Wildman–Crippen MR) is 125 cm³/mol. The smallest absolute Gasteiger partial charge is 0.191 e. The number of nitrogens with zero attached hydrogens (tertiary/aromatic N) is 1. The van der Waals surface area contributed by atoms with Crippen LogP contribution >= 0.6 is 0 Å². The van der Waals surface area contributed by atoms with E-state index in [9.17, 15) is 0 Å². The number of nitrogens with one attached hydrogen (secondary N) is 2. The van der Waals surface area contributed by atoms with E-state index in [-0.39, 0.29) is 6.04 Å². The van der Waals surface area contributed by atoms with Gasteiger partial charge >= 0.3 is 0 Å². The summed E-state index contributed by atoms with van der Waals surface area (Å²) in [5.74, 6) is 1.63. The van der Waals surface area contributed by atoms with Crippen molar-refractivity contribution in [1.29, 1.82) is 0 Å². The Balaban J connectivity index is 1.49. The van der Waals surface area contributed by atoms with E-state index >= 15 is 0 Å². The number of ether oxygens (including phenoxy) is 3. The Labute approximate surface area is 186 Å². The van der Waals surface area contributed by atoms with Crippen molar-refractivity contribution in [2.24, 2.45) is 4.99 Å². The maximum absolute atomic E-state index is 6.00. The van der Waals surface area contributed by atoms with E-state index in [0.717, 1.165) is 43.3 Å². The van der Waals surface area contributed by atoms with Crippen LogP contribution in [0.1, 0.15) is 48.1 Å². The Morgan fingerprint density at radius 1 is 1.13 bits per heavy atom. The molecule has 1 atom stereocenters. The highest BCUT2D eigenvalue weighted by Crippen LogP contribution is 2.26. The van der Waals surface area contributed by atoms with Gasteiger partial charge in [-0.3, -0.25) is 4.99 Å². The number of hydrogen-bond donors (Lipinski definition) is 2. The predicted octanol–water partition coefficient (Wildman–Crippen LogP) is 4.13. The number of hydrogen-bond acceptors (Lipinski definition) is 4. The van der Waals surface area contributed by atoms with Crippen LogP contribution in [0.5, 0.6) is 5.75 Å². The molecule has 2 N–H and O–H groups in total. The first-order valence-corrected chi connectivity index (χ1v) is 11.0. The number of aryl methyl sites for hydroxylation is 1. The minimum absolute atomic E-state index is 0.0609. The fourth-order valence-corrected chi connectivity index (χ4v) is 3.67. The van der Waals surface area contributed by atoms with E-state index in [1.165, 1.54) is 16.7 Å². The molecular weight excluding hydrogens is 390 g/mol. The van der Waals surface area contributed by atoms with Gasteiger partial charge in [0.1, 0.15) is 5.75 Å². The lowest BCUT2D eigenvalue weighted by molar-refractivity contribution is -0.0390. The van der Waals surface area contributed by atoms with Crippen LogP contribution in [0, 0.1) is 6.92 Å². The zero-order valence-electron chi connectivity index (χ0n) is 19.1. The third kappa shape index (κ3) is 6.97. The summed E-state index contributed by atoms with van der Waals surface area (Å²) in [6.07, 6.45) is 2.29. The Hall–Kier alpha value is -2.57. The minimum atomic E-state index is 0.0609. The van der Waals surface area contributed by atoms with Crippen molar-refractivity contribution in [3.63, 3.8) is 0 Å². The molecule has 0 amide bonds. The largest absolute Gasteiger partial charge is 0.496 e. The zero-order valence-corrected chi connectivity index (χ0v) is 19.1. The monoisotopic (exact) mass is 425 g/mol. The van der Waals surface area contributed by atoms with E-state index in [0.29, 0.717) is 19.3 Å². The van der Waals surface area contributed by atoms with Crippen molar-refractivity contribution in [2.45, 2.75) is 52.0 Å². The maximum atomic E-state index is 6.00. The Morgan fingerprint density at radius 2 is 1.84 bits per heavy atom. The van der Waals surface area contributed by atoms with E-state index in [2.05, 4.69) is 65.9 Å². The fraction of sp³-hybridized carbons (Fsp3) is 0.480. The normalized spacial score (nSPS) is 16.1. The molecule has 1 saturated heterocycles. The number of methoxy groups -OCH3 is 1. The van der Waals surface area contributed by atoms with E-state index in [4.69, 9.17) is 14.2 Å². The van der Waals surface area contributed by atoms with Crippen molar-refractivity contribution in [3.8, 4) is 5.75 Å². The third-order valence-electron chi connectivity index (χ3n) is 5.57. The summed E-state index contributed by atoms with van der Waals surface area (Å²) >= 11 is 0. The molecule has 2 aromatic rings. The SMILES string of the molecule is CN=C(NCc1ccc(COC2CCOCC2)cc1)NC(C)c1cc(C)ccc1OC. The van der Waals surface area contributed by atoms with Crippen LogP contribution in [0.3, 0.4) is 0 Å². The van der Waals surface area contributed by atoms with Crippen molar-refractivity contribution < 1.29 is 14.2 Å². The Bertz CT molecular complexity index is 846. The van der Waals surface area contributed by atoms with Crippen LogP contribution in [0.25, 0.3) is 0 Å². The third-order valence-corrected chi connectivity index (χ3v) is 5.57. The topological polar surface area (TPSA) is 64.1 Å². The molecule has 0 aliphatic carbocycles. The summed E-state index contributed by atoms with van der Waals surface area (Å²) in [4.78, 5) is 4.37. The Morgan fingerprint density at radius 3 is 2.52 bits per heavy atom. The molecular formula is C25H35N3O3. The van der Waals surface area contributed by atoms with Crippen molar-refractivity contribution >= 4 is 5.96 Å². The zero-order chi connectivity index (χ0) is 22.1. The number of rotatable bonds is 8. The lowest BCUT2D eigenvalue weighted by Crippen LogP contribution is -2.38. The van der Waals surface area contributed by atoms with Gasteiger partial charge in [0.25, 0.3) is 0 Å². The molecule has 1 unspecified atom stereocenters. The van der Waals surface area contributed by atoms with Gasteiger partial charge in [0.05, 0.1) is 25.9 Å². The lowest BCUT2D eigenvalue weighted by Gasteiger charge is -2.22. The number of guanidine groups is 1. The molecule has 0 aromatic heterocycles. The summed E-state index contributed by atoms with van der Waals surface area (Å²) in [5.41, 5.74) is 4.70. The van der Waals surface area contributed by atoms with Crippen LogP contribution in [-0.4, -0.2) is 39.4 Å². The molecule has 3 rings (SSSR count). The molecule has 0 spiro atoms. The second-order valence-corrected chi connectivity index (χ2v) is 7.98. The molecule has 6 heteroatoms. The van der Waals surface area contributed by atoms with E-state index in [1.807, 2.05) is 6.07 Å². The average molecular weight is 426 g/mol. The van der Waals surface area contributed by atoms with Gasteiger partial charge in [-0.05, 0) is 43.9 Å². The van der Waals surface area contributed by atoms with Gasteiger partial charge in [0.15, 0.2) is 5.96 Å². The molecule has 6 nitrogen and oxygen atoms in total. The highest BCUT2D eigenvalue weighted by molar-refractivity contribution is 5.80. The highest BCUT2D eigenvalue weighted by atomic mass is 16.5. The summed E-state index contributed by atoms with van der Waals surface area (Å²) < 4.78 is 16.9. The van der Waals surface area contributed by atoms with Gasteiger partial charge in [-0.25, -0.2) is 0 Å². The quantitative estimate of drug-likeness (QED) is 0.492. The van der Waals surface area contributed by atoms with Crippen LogP contribution in [0.15, 0.2) is 47.5 Å². The molecule has 2 aromatic carbocycles. The second-order valence-electron chi connectivity index (χ2n) is 7.98. The first-order valence-electron chi connectivity index (χ1n) is 11.0. The molecule has 0 radical (unpaired) electrons. The van der Waals surface area contributed by atoms with Gasteiger partial charge in [0, 0.05) is 32.4 Å². The van der Waals surface area contributed by atoms with Crippen molar-refractivity contribution in [2.75, 3.05) is 27.4 Å². The summed E-state index contributed by atoms with van der Waals surface area (Å²) in [6, 6.07) is 14.8. The molecule has 1 heterocycles. The van der Waals surface area contributed by atoms with Crippen molar-refractivity contribution in [1.82, 2.24) is 10.6 Å². The maximum Gasteiger partial charge on any atom is 0.191 e. The molecule has 168 valence electrons. The van der Waals surface area contributed by atoms with Crippen LogP contribution in [0.2, 0.25) is 0 Å². The van der Waals surface area contributed by atoms with Crippen LogP contribution in [-0.2, 0) is 22.6 Å². The van der Waals surface area contributed by atoms with Gasteiger partial charge in [-0.15, -0.1) is 0 Å². The summed E-state index contributed by atoms with van der Waals surface area (Å²) in [5, 5.41) is 6.85. The average Bonchev–Trinajstić information content (AvgIpc) is 2.81. The molecule has 1 fully saturated rings. The van der Waals surface area contributed by atoms with Gasteiger partial charge in [-0.2, -0.15) is 0 Å². The lowest BCUT2D eigenvalue weighted by atomic mass is 10.0. The molecule has 1 aliphatic rings. The standard InChI is InChI=1S/C25H35N3O3/c1-18-5-10-24(29-4)23(15-18)19(2)28-25(26-3)27-16-20-6-8-21(9-7-20)17-31-22-11-13-30-14-12-22/h5-10,15,19,22H,11-14,16-17H2,1-4H3,(H2,26,27,28). The number of benzene rings is 2. The fourth-order valence-electron chi connectivity index (χ4n) is 3.67. The van der Waals surface area contributed by atoms with Gasteiger partial charge in [0.2, 0.25) is 0 Å². The minimum Gasteiger partial charge on any atom is -0.496 e. The molecule has 1 aliphatic heterocycles. The van der Waals surface area contributed by atoms with E-state index < -0.39 is 0 Å². The first kappa shape index (κ1) is 23.1. The summed E-state index contributed by atoms with van der Waals surface area (Å²) in [6.45, 7) is 7.15. The van der Waals surface area contributed by atoms with Gasteiger partial charge in [-0.1, -0.05) is 42.0 Å². The van der Waals surface area contributed by atoms with Crippen molar-refractivity contribution in [3.05, 3.63) is 64.7 Å². The molecule has 0 saturated carbocycles. The van der Waals surface area contributed by atoms with Crippen LogP contribution < -0.4 is 15.4 Å². The Kier molecular flexibility index (Phi) is 8.74. The highest BCUT2D eigenvalue weighted by Gasteiger charge is 2.15. The first-order chi connectivity index (χ1) is 15.1. The molecule has 31 heavy (non-hydrogen) atoms. The van der Waals surface area contributed by atoms with Crippen LogP contribution in [0.4, 0.5) is 0 Å². The number of aliphatic imine (C=N–C) groups is 1.